The zero-order valence-corrected chi connectivity index (χ0v) is 16.2. The lowest BCUT2D eigenvalue weighted by Gasteiger charge is -2.32. The number of rotatable bonds is 5. The highest BCUT2D eigenvalue weighted by molar-refractivity contribution is 7.17. The maximum atomic E-state index is 13.4. The summed E-state index contributed by atoms with van der Waals surface area (Å²) in [6.45, 7) is 2.54. The highest BCUT2D eigenvalue weighted by atomic mass is 32.1. The Morgan fingerprint density at radius 1 is 1.30 bits per heavy atom. The zero-order valence-electron chi connectivity index (χ0n) is 15.4. The maximum Gasteiger partial charge on any atom is 0.266 e. The van der Waals surface area contributed by atoms with E-state index in [9.17, 15) is 4.79 Å². The number of benzene rings is 1. The van der Waals surface area contributed by atoms with Crippen molar-refractivity contribution < 1.29 is 9.21 Å². The van der Waals surface area contributed by atoms with Gasteiger partial charge < -0.3 is 14.6 Å². The predicted octanol–water partition coefficient (Wildman–Crippen LogP) is 4.14. The molecule has 2 aromatic heterocycles. The molecule has 4 rings (SSSR count). The number of furan rings is 1. The normalized spacial score (nSPS) is 17.2. The molecule has 1 aromatic carbocycles. The van der Waals surface area contributed by atoms with Crippen LogP contribution in [0.4, 0.5) is 0 Å². The fourth-order valence-corrected chi connectivity index (χ4v) is 4.63. The van der Waals surface area contributed by atoms with Crippen LogP contribution in [-0.4, -0.2) is 42.5 Å². The Kier molecular flexibility index (Phi) is 5.36. The monoisotopic (exact) mass is 381 g/mol. The van der Waals surface area contributed by atoms with Crippen LogP contribution >= 0.6 is 11.3 Å². The summed E-state index contributed by atoms with van der Waals surface area (Å²) >= 11 is 1.42. The van der Waals surface area contributed by atoms with Crippen LogP contribution in [-0.2, 0) is 0 Å². The van der Waals surface area contributed by atoms with Gasteiger partial charge in [-0.1, -0.05) is 30.3 Å². The number of aromatic nitrogens is 1. The van der Waals surface area contributed by atoms with Crippen LogP contribution in [0.3, 0.4) is 0 Å². The summed E-state index contributed by atoms with van der Waals surface area (Å²) in [5, 5.41) is 3.98. The highest BCUT2D eigenvalue weighted by Crippen LogP contribution is 2.35. The summed E-state index contributed by atoms with van der Waals surface area (Å²) in [7, 11) is 1.97. The molecule has 5 nitrogen and oxygen atoms in total. The molecule has 0 aliphatic carbocycles. The van der Waals surface area contributed by atoms with E-state index in [0.717, 1.165) is 48.7 Å². The summed E-state index contributed by atoms with van der Waals surface area (Å²) in [4.78, 5) is 20.8. The van der Waals surface area contributed by atoms with Crippen molar-refractivity contribution in [2.75, 3.05) is 26.7 Å². The van der Waals surface area contributed by atoms with Gasteiger partial charge in [0.2, 0.25) is 0 Å². The number of amides is 1. The highest BCUT2D eigenvalue weighted by Gasteiger charge is 2.29. The molecule has 1 N–H and O–H groups in total. The Hall–Kier alpha value is -2.44. The third-order valence-corrected chi connectivity index (χ3v) is 5.96. The molecule has 1 aliphatic rings. The largest absolute Gasteiger partial charge is 0.462 e. The molecule has 6 heteroatoms. The van der Waals surface area contributed by atoms with Gasteiger partial charge in [0, 0.05) is 18.7 Å². The number of carbonyl (C=O) groups excluding carboxylic acids is 1. The fourth-order valence-electron chi connectivity index (χ4n) is 3.61. The van der Waals surface area contributed by atoms with Gasteiger partial charge in [0.05, 0.1) is 12.0 Å². The van der Waals surface area contributed by atoms with Crippen LogP contribution in [0.25, 0.3) is 22.0 Å². The van der Waals surface area contributed by atoms with Gasteiger partial charge in [0.15, 0.2) is 10.8 Å². The van der Waals surface area contributed by atoms with E-state index in [1.165, 1.54) is 11.3 Å². The summed E-state index contributed by atoms with van der Waals surface area (Å²) in [5.41, 5.74) is 1.70. The molecule has 1 atom stereocenters. The molecular weight excluding hydrogens is 358 g/mol. The summed E-state index contributed by atoms with van der Waals surface area (Å²) in [6, 6.07) is 13.6. The predicted molar refractivity (Wildman–Crippen MR) is 108 cm³/mol. The van der Waals surface area contributed by atoms with Crippen molar-refractivity contribution in [3.8, 4) is 22.0 Å². The fraction of sp³-hybridized carbons (Fsp3) is 0.333. The Balaban J connectivity index is 1.69. The minimum absolute atomic E-state index is 0.0740. The van der Waals surface area contributed by atoms with Crippen molar-refractivity contribution in [1.29, 1.82) is 0 Å². The van der Waals surface area contributed by atoms with Gasteiger partial charge in [-0.2, -0.15) is 0 Å². The molecule has 0 spiro atoms. The van der Waals surface area contributed by atoms with Crippen molar-refractivity contribution in [2.45, 2.75) is 12.8 Å². The van der Waals surface area contributed by atoms with E-state index in [-0.39, 0.29) is 5.91 Å². The smallest absolute Gasteiger partial charge is 0.266 e. The second-order valence-corrected chi connectivity index (χ2v) is 7.86. The minimum atomic E-state index is 0.0740. The molecule has 0 saturated carbocycles. The Morgan fingerprint density at radius 2 is 2.15 bits per heavy atom. The number of nitrogens with zero attached hydrogens (tertiary/aromatic N) is 2. The van der Waals surface area contributed by atoms with Gasteiger partial charge in [-0.05, 0) is 44.5 Å². The first-order valence-corrected chi connectivity index (χ1v) is 10.1. The summed E-state index contributed by atoms with van der Waals surface area (Å²) < 4.78 is 5.51. The van der Waals surface area contributed by atoms with Crippen molar-refractivity contribution >= 4 is 17.2 Å². The van der Waals surface area contributed by atoms with Crippen LogP contribution in [0.1, 0.15) is 22.5 Å². The molecule has 1 saturated heterocycles. The van der Waals surface area contributed by atoms with Gasteiger partial charge in [0.25, 0.3) is 5.91 Å². The number of thiazole rings is 1. The number of likely N-dealkylation sites (tertiary alicyclic amines) is 1. The molecule has 0 bridgehead atoms. The Labute approximate surface area is 163 Å². The lowest BCUT2D eigenvalue weighted by atomic mass is 9.97. The number of nitrogens with one attached hydrogen (secondary N) is 1. The van der Waals surface area contributed by atoms with Crippen LogP contribution in [0.5, 0.6) is 0 Å². The third kappa shape index (κ3) is 3.82. The van der Waals surface area contributed by atoms with Gasteiger partial charge in [0.1, 0.15) is 4.88 Å². The first-order valence-electron chi connectivity index (χ1n) is 9.30. The molecule has 1 unspecified atom stereocenters. The van der Waals surface area contributed by atoms with Crippen LogP contribution < -0.4 is 5.32 Å². The SMILES string of the molecule is CNCC1CCCN(C(=O)c2sc(-c3ccco3)nc2-c2ccccc2)C1. The number of hydrogen-bond donors (Lipinski definition) is 1. The molecular formula is C21H23N3O2S. The molecule has 1 amide bonds. The summed E-state index contributed by atoms with van der Waals surface area (Å²) in [5.74, 6) is 1.28. The molecule has 1 fully saturated rings. The van der Waals surface area contributed by atoms with E-state index in [1.807, 2.05) is 54.4 Å². The van der Waals surface area contributed by atoms with Crippen molar-refractivity contribution in [3.63, 3.8) is 0 Å². The van der Waals surface area contributed by atoms with E-state index < -0.39 is 0 Å². The lowest BCUT2D eigenvalue weighted by Crippen LogP contribution is -2.42. The van der Waals surface area contributed by atoms with E-state index >= 15 is 0 Å². The van der Waals surface area contributed by atoms with Crippen molar-refractivity contribution in [3.05, 3.63) is 53.6 Å². The van der Waals surface area contributed by atoms with E-state index in [0.29, 0.717) is 16.6 Å². The number of piperidine rings is 1. The molecule has 0 radical (unpaired) electrons. The Bertz CT molecular complexity index is 888. The van der Waals surface area contributed by atoms with Crippen molar-refractivity contribution in [1.82, 2.24) is 15.2 Å². The maximum absolute atomic E-state index is 13.4. The first kappa shape index (κ1) is 17.9. The average molecular weight is 382 g/mol. The van der Waals surface area contributed by atoms with Crippen LogP contribution in [0, 0.1) is 5.92 Å². The minimum Gasteiger partial charge on any atom is -0.462 e. The van der Waals surface area contributed by atoms with E-state index in [4.69, 9.17) is 9.40 Å². The van der Waals surface area contributed by atoms with E-state index in [2.05, 4.69) is 5.32 Å². The van der Waals surface area contributed by atoms with Gasteiger partial charge in [-0.15, -0.1) is 11.3 Å². The molecule has 1 aliphatic heterocycles. The van der Waals surface area contributed by atoms with Gasteiger partial charge in [-0.3, -0.25) is 4.79 Å². The third-order valence-electron chi connectivity index (χ3n) is 4.90. The topological polar surface area (TPSA) is 58.4 Å². The Morgan fingerprint density at radius 3 is 2.89 bits per heavy atom. The average Bonchev–Trinajstić information content (AvgIpc) is 3.38. The van der Waals surface area contributed by atoms with Crippen LogP contribution in [0.15, 0.2) is 53.1 Å². The van der Waals surface area contributed by atoms with Crippen molar-refractivity contribution in [2.24, 2.45) is 5.92 Å². The number of carbonyl (C=O) groups is 1. The molecule has 27 heavy (non-hydrogen) atoms. The second kappa shape index (κ2) is 8.06. The summed E-state index contributed by atoms with van der Waals surface area (Å²) in [6.07, 6.45) is 3.84. The quantitative estimate of drug-likeness (QED) is 0.722. The van der Waals surface area contributed by atoms with Gasteiger partial charge in [-0.25, -0.2) is 4.98 Å². The lowest BCUT2D eigenvalue weighted by molar-refractivity contribution is 0.0679. The zero-order chi connectivity index (χ0) is 18.6. The van der Waals surface area contributed by atoms with E-state index in [1.54, 1.807) is 6.26 Å². The molecule has 3 heterocycles. The standard InChI is InChI=1S/C21H23N3O2S/c1-22-13-15-7-5-11-24(14-15)21(25)19-18(16-8-3-2-4-9-16)23-20(27-19)17-10-6-12-26-17/h2-4,6,8-10,12,15,22H,5,7,11,13-14H2,1H3. The molecule has 140 valence electrons. The van der Waals surface area contributed by atoms with Crippen LogP contribution in [0.2, 0.25) is 0 Å². The first-order chi connectivity index (χ1) is 13.3. The second-order valence-electron chi connectivity index (χ2n) is 6.86. The number of hydrogen-bond acceptors (Lipinski definition) is 5. The molecule has 3 aromatic rings. The van der Waals surface area contributed by atoms with Gasteiger partial charge >= 0.3 is 0 Å².